The second-order valence-electron chi connectivity index (χ2n) is 2.11. The summed E-state index contributed by atoms with van der Waals surface area (Å²) in [5, 5.41) is 0. The summed E-state index contributed by atoms with van der Waals surface area (Å²) in [6, 6.07) is 0.699. The molecule has 11 heavy (non-hydrogen) atoms. The van der Waals surface area contributed by atoms with E-state index in [4.69, 9.17) is 26.6 Å². The number of hydrogen-bond acceptors (Lipinski definition) is 1. The molecule has 0 aromatic heterocycles. The van der Waals surface area contributed by atoms with Gasteiger partial charge in [0.15, 0.2) is 0 Å². The molecule has 66 valence electrons. The van der Waals surface area contributed by atoms with E-state index in [1.54, 1.807) is 6.55 Å². The zero-order valence-electron chi connectivity index (χ0n) is 6.37. The van der Waals surface area contributed by atoms with Crippen LogP contribution >= 0.6 is 22.2 Å². The molecular weight excluding hydrogens is 222 g/mol. The minimum absolute atomic E-state index is 0.658. The van der Waals surface area contributed by atoms with E-state index in [1.165, 1.54) is 0 Å². The summed E-state index contributed by atoms with van der Waals surface area (Å²) in [5.74, 6) is 0. The Morgan fingerprint density at radius 3 is 2.18 bits per heavy atom. The largest absolute Gasteiger partial charge is 0.433 e. The van der Waals surface area contributed by atoms with Gasteiger partial charge >= 0.3 is 9.37 Å². The molecule has 0 aromatic carbocycles. The van der Waals surface area contributed by atoms with Gasteiger partial charge in [0.2, 0.25) is 0 Å². The Kier molecular flexibility index (Phi) is 8.17. The minimum Gasteiger partial charge on any atom is -0.390 e. The topological polar surface area (TPSA) is 9.23 Å². The van der Waals surface area contributed by atoms with Crippen LogP contribution < -0.4 is 0 Å². The third-order valence-electron chi connectivity index (χ3n) is 1.03. The van der Waals surface area contributed by atoms with Crippen LogP contribution in [0.1, 0.15) is 12.8 Å². The van der Waals surface area contributed by atoms with E-state index in [0.29, 0.717) is 12.7 Å². The average Bonchev–Trinajstić information content (AvgIpc) is 1.87. The zero-order valence-corrected chi connectivity index (χ0v) is 9.88. The van der Waals surface area contributed by atoms with Crippen LogP contribution in [0.5, 0.6) is 0 Å². The van der Waals surface area contributed by atoms with Crippen molar-refractivity contribution in [1.29, 1.82) is 0 Å². The first-order valence-electron chi connectivity index (χ1n) is 3.41. The standard InChI is InChI=1S/C4H8FOSi.CH3Cl2Si/c5-7-4-2-1-3-6-7;1-4(2)3/h1-4H2;1H3. The minimum atomic E-state index is -1.79. The van der Waals surface area contributed by atoms with Crippen molar-refractivity contribution in [2.24, 2.45) is 0 Å². The first-order valence-corrected chi connectivity index (χ1v) is 8.93. The van der Waals surface area contributed by atoms with Gasteiger partial charge in [-0.2, -0.15) is 0 Å². The fraction of sp³-hybridized carbons (Fsp3) is 1.00. The first-order chi connectivity index (χ1) is 5.13. The van der Waals surface area contributed by atoms with Gasteiger partial charge in [0.05, 0.1) is 0 Å². The maximum atomic E-state index is 12.1. The van der Waals surface area contributed by atoms with Gasteiger partial charge in [-0.3, -0.25) is 4.11 Å². The zero-order chi connectivity index (χ0) is 8.69. The number of rotatable bonds is 0. The molecule has 0 amide bonds. The van der Waals surface area contributed by atoms with Gasteiger partial charge < -0.3 is 4.43 Å². The Morgan fingerprint density at radius 2 is 2.00 bits per heavy atom. The highest BCUT2D eigenvalue weighted by atomic mass is 35.7. The molecule has 1 saturated heterocycles. The van der Waals surface area contributed by atoms with Crippen LogP contribution in [0, 0.1) is 0 Å². The second kappa shape index (κ2) is 7.55. The fourth-order valence-corrected chi connectivity index (χ4v) is 1.66. The predicted octanol–water partition coefficient (Wildman–Crippen LogP) is 2.84. The normalized spacial score (nSPS) is 19.4. The van der Waals surface area contributed by atoms with Crippen molar-refractivity contribution in [2.45, 2.75) is 25.4 Å². The summed E-state index contributed by atoms with van der Waals surface area (Å²) in [6.07, 6.45) is 2.09. The number of halogens is 3. The lowest BCUT2D eigenvalue weighted by atomic mass is 10.4. The van der Waals surface area contributed by atoms with Crippen molar-refractivity contribution in [3.8, 4) is 0 Å². The van der Waals surface area contributed by atoms with Crippen LogP contribution in [0.25, 0.3) is 0 Å². The van der Waals surface area contributed by atoms with E-state index >= 15 is 0 Å². The smallest absolute Gasteiger partial charge is 0.390 e. The lowest BCUT2D eigenvalue weighted by Crippen LogP contribution is -2.17. The van der Waals surface area contributed by atoms with Crippen LogP contribution in [0.4, 0.5) is 4.11 Å². The summed E-state index contributed by atoms with van der Waals surface area (Å²) < 4.78 is 16.8. The molecular formula is C5H11Cl2FOSi2. The molecule has 0 unspecified atom stereocenters. The van der Waals surface area contributed by atoms with Gasteiger partial charge in [-0.25, -0.2) is 0 Å². The summed E-state index contributed by atoms with van der Waals surface area (Å²) in [7, 11) is -2.73. The second-order valence-corrected chi connectivity index (χ2v) is 8.49. The molecule has 1 nitrogen and oxygen atoms in total. The van der Waals surface area contributed by atoms with E-state index in [2.05, 4.69) is 0 Å². The van der Waals surface area contributed by atoms with E-state index in [-0.39, 0.29) is 0 Å². The highest BCUT2D eigenvalue weighted by Gasteiger charge is 2.16. The van der Waals surface area contributed by atoms with Gasteiger partial charge in [-0.05, 0) is 25.4 Å². The highest BCUT2D eigenvalue weighted by molar-refractivity contribution is 7.33. The molecule has 0 aliphatic carbocycles. The summed E-state index contributed by atoms with van der Waals surface area (Å²) >= 11 is 10.3. The maximum absolute atomic E-state index is 12.1. The van der Waals surface area contributed by atoms with Crippen LogP contribution in [-0.2, 0) is 4.43 Å². The van der Waals surface area contributed by atoms with Crippen molar-refractivity contribution in [1.82, 2.24) is 0 Å². The summed E-state index contributed by atoms with van der Waals surface area (Å²) in [5.41, 5.74) is 0. The molecule has 1 fully saturated rings. The predicted molar refractivity (Wildman–Crippen MR) is 50.2 cm³/mol. The molecule has 1 aliphatic rings. The molecule has 1 rings (SSSR count). The third kappa shape index (κ3) is 10.9. The van der Waals surface area contributed by atoms with Gasteiger partial charge in [-0.15, -0.1) is 22.2 Å². The van der Waals surface area contributed by atoms with E-state index in [9.17, 15) is 4.11 Å². The molecule has 0 aromatic rings. The molecule has 2 radical (unpaired) electrons. The van der Waals surface area contributed by atoms with Gasteiger partial charge in [0, 0.05) is 6.61 Å². The fourth-order valence-electron chi connectivity index (χ4n) is 0.621. The molecule has 0 N–H and O–H groups in total. The van der Waals surface area contributed by atoms with Crippen molar-refractivity contribution in [3.63, 3.8) is 0 Å². The van der Waals surface area contributed by atoms with Crippen molar-refractivity contribution in [2.75, 3.05) is 6.61 Å². The average molecular weight is 233 g/mol. The van der Waals surface area contributed by atoms with Crippen LogP contribution in [0.3, 0.4) is 0 Å². The molecule has 0 bridgehead atoms. The van der Waals surface area contributed by atoms with Crippen LogP contribution in [-0.4, -0.2) is 23.4 Å². The Morgan fingerprint density at radius 1 is 1.45 bits per heavy atom. The maximum Gasteiger partial charge on any atom is 0.433 e. The van der Waals surface area contributed by atoms with Gasteiger partial charge in [-0.1, -0.05) is 0 Å². The SMILES string of the molecule is C[Si](Cl)Cl.F[Si]1CCCCO1. The van der Waals surface area contributed by atoms with Crippen molar-refractivity contribution >= 4 is 38.9 Å². The Bertz CT molecular complexity index is 87.8. The Balaban J connectivity index is 0.000000218. The number of hydrogen-bond donors (Lipinski definition) is 0. The lowest BCUT2D eigenvalue weighted by molar-refractivity contribution is 0.259. The highest BCUT2D eigenvalue weighted by Crippen LogP contribution is 2.10. The monoisotopic (exact) mass is 232 g/mol. The van der Waals surface area contributed by atoms with E-state index < -0.39 is 16.8 Å². The summed E-state index contributed by atoms with van der Waals surface area (Å²) in [6.45, 7) is 2.46. The molecule has 0 spiro atoms. The quantitative estimate of drug-likeness (QED) is 0.462. The molecule has 1 heterocycles. The molecule has 1 aliphatic heterocycles. The van der Waals surface area contributed by atoms with Gasteiger partial charge in [0.25, 0.3) is 7.42 Å². The third-order valence-corrected chi connectivity index (χ3v) is 2.29. The molecule has 6 heteroatoms. The van der Waals surface area contributed by atoms with Crippen LogP contribution in [0.15, 0.2) is 0 Å². The molecule has 0 saturated carbocycles. The Hall–Kier alpha value is 0.904. The molecule has 0 atom stereocenters. The summed E-state index contributed by atoms with van der Waals surface area (Å²) in [4.78, 5) is 0. The van der Waals surface area contributed by atoms with Crippen molar-refractivity contribution < 1.29 is 8.53 Å². The first kappa shape index (κ1) is 11.9. The Labute approximate surface area is 79.7 Å². The van der Waals surface area contributed by atoms with Crippen molar-refractivity contribution in [3.05, 3.63) is 0 Å². The lowest BCUT2D eigenvalue weighted by Gasteiger charge is -2.10. The van der Waals surface area contributed by atoms with E-state index in [0.717, 1.165) is 12.8 Å². The van der Waals surface area contributed by atoms with Gasteiger partial charge in [0.1, 0.15) is 0 Å². The van der Waals surface area contributed by atoms with E-state index in [1.807, 2.05) is 0 Å². The van der Waals surface area contributed by atoms with Crippen LogP contribution in [0.2, 0.25) is 12.6 Å².